The van der Waals surface area contributed by atoms with Gasteiger partial charge in [0.1, 0.15) is 11.2 Å². The van der Waals surface area contributed by atoms with Crippen molar-refractivity contribution in [2.24, 2.45) is 0 Å². The normalized spacial score (nSPS) is 12.2. The summed E-state index contributed by atoms with van der Waals surface area (Å²) >= 11 is 0. The molecule has 0 saturated heterocycles. The summed E-state index contributed by atoms with van der Waals surface area (Å²) in [5, 5.41) is 4.38. The number of benzene rings is 8. The zero-order valence-electron chi connectivity index (χ0n) is 31.0. The molecule has 0 saturated carbocycles. The van der Waals surface area contributed by atoms with E-state index in [0.29, 0.717) is 17.6 Å². The highest BCUT2D eigenvalue weighted by atomic mass is 16.5. The van der Waals surface area contributed by atoms with E-state index >= 15 is 0 Å². The van der Waals surface area contributed by atoms with Crippen molar-refractivity contribution < 1.29 is 9.15 Å². The number of para-hydroxylation sites is 4. The highest BCUT2D eigenvalue weighted by molar-refractivity contribution is 6.10. The lowest BCUT2D eigenvalue weighted by Crippen LogP contribution is -2.15. The molecule has 11 aromatic rings. The van der Waals surface area contributed by atoms with Crippen LogP contribution in [-0.2, 0) is 0 Å². The van der Waals surface area contributed by atoms with Crippen molar-refractivity contribution in [3.05, 3.63) is 188 Å². The topological polar surface area (TPSA) is 69.2 Å². The molecule has 0 amide bonds. The molecule has 0 N–H and O–H groups in total. The highest BCUT2D eigenvalue weighted by Gasteiger charge is 2.27. The average molecular weight is 746 g/mol. The maximum absolute atomic E-state index is 6.66. The zero-order valence-corrected chi connectivity index (χ0v) is 31.0. The second kappa shape index (κ2) is 12.8. The molecule has 0 bridgehead atoms. The Kier molecular flexibility index (Phi) is 7.09. The van der Waals surface area contributed by atoms with E-state index in [1.165, 1.54) is 0 Å². The van der Waals surface area contributed by atoms with Crippen LogP contribution < -0.4 is 9.64 Å². The summed E-state index contributed by atoms with van der Waals surface area (Å²) in [7, 11) is 0. The van der Waals surface area contributed by atoms with Crippen LogP contribution in [0.2, 0.25) is 0 Å². The van der Waals surface area contributed by atoms with Crippen molar-refractivity contribution in [2.45, 2.75) is 0 Å². The van der Waals surface area contributed by atoms with Crippen LogP contribution in [0.4, 0.5) is 17.1 Å². The van der Waals surface area contributed by atoms with Crippen LogP contribution in [0.25, 0.3) is 83.6 Å². The Morgan fingerprint density at radius 3 is 1.81 bits per heavy atom. The number of furan rings is 1. The molecule has 4 heterocycles. The van der Waals surface area contributed by atoms with E-state index in [1.54, 1.807) is 0 Å². The minimum Gasteiger partial charge on any atom is -0.456 e. The number of ether oxygens (including phenoxy) is 1. The molecule has 58 heavy (non-hydrogen) atoms. The molecule has 12 rings (SSSR count). The Bertz CT molecular complexity index is 3330. The molecule has 272 valence electrons. The third-order valence-electron chi connectivity index (χ3n) is 11.0. The van der Waals surface area contributed by atoms with E-state index in [-0.39, 0.29) is 0 Å². The Labute approximate surface area is 332 Å². The number of fused-ring (bicyclic) bond motifs is 8. The van der Waals surface area contributed by atoms with Crippen molar-refractivity contribution in [1.82, 2.24) is 19.5 Å². The van der Waals surface area contributed by atoms with Gasteiger partial charge in [-0.3, -0.25) is 4.57 Å². The molecule has 7 heteroatoms. The third-order valence-corrected chi connectivity index (χ3v) is 11.0. The monoisotopic (exact) mass is 745 g/mol. The summed E-state index contributed by atoms with van der Waals surface area (Å²) in [5.74, 6) is 3.38. The van der Waals surface area contributed by atoms with Gasteiger partial charge >= 0.3 is 0 Å². The first-order valence-corrected chi connectivity index (χ1v) is 19.3. The fourth-order valence-electron chi connectivity index (χ4n) is 8.33. The van der Waals surface area contributed by atoms with Gasteiger partial charge in [0.05, 0.1) is 22.4 Å². The second-order valence-corrected chi connectivity index (χ2v) is 14.5. The van der Waals surface area contributed by atoms with E-state index in [0.717, 1.165) is 94.6 Å². The highest BCUT2D eigenvalue weighted by Crippen LogP contribution is 2.52. The van der Waals surface area contributed by atoms with Crippen molar-refractivity contribution in [2.75, 3.05) is 4.90 Å². The van der Waals surface area contributed by atoms with E-state index in [4.69, 9.17) is 24.1 Å². The molecule has 7 nitrogen and oxygen atoms in total. The number of hydrogen-bond donors (Lipinski definition) is 0. The van der Waals surface area contributed by atoms with E-state index < -0.39 is 0 Å². The molecule has 1 aliphatic rings. The summed E-state index contributed by atoms with van der Waals surface area (Å²) in [5.41, 5.74) is 10.7. The van der Waals surface area contributed by atoms with Gasteiger partial charge in [-0.15, -0.1) is 0 Å². The lowest BCUT2D eigenvalue weighted by Gasteiger charge is -2.33. The number of rotatable bonds is 5. The molecule has 1 aliphatic heterocycles. The predicted molar refractivity (Wildman–Crippen MR) is 233 cm³/mol. The van der Waals surface area contributed by atoms with Crippen molar-refractivity contribution in [1.29, 1.82) is 0 Å². The fourth-order valence-corrected chi connectivity index (χ4v) is 8.33. The largest absolute Gasteiger partial charge is 0.456 e. The standard InChI is InChI=1S/C51H31N5O2/c1-3-13-32(14-4-1)49-52-50(33-15-5-2-6-16-33)54-51(53-49)56-41-19-9-7-17-37(41)39-29-34(23-26-42(39)56)35-24-27-44-48(30-35)58-47-22-12-10-20-43(47)55(44)36-25-28-46-40(31-36)38-18-8-11-21-45(38)57-46/h1-31H. The summed E-state index contributed by atoms with van der Waals surface area (Å²) < 4.78 is 15.0. The van der Waals surface area contributed by atoms with Gasteiger partial charge in [-0.1, -0.05) is 121 Å². The van der Waals surface area contributed by atoms with Crippen LogP contribution in [0.15, 0.2) is 192 Å². The van der Waals surface area contributed by atoms with Crippen molar-refractivity contribution in [3.8, 4) is 51.3 Å². The summed E-state index contributed by atoms with van der Waals surface area (Å²) in [4.78, 5) is 17.4. The molecule has 8 aromatic carbocycles. The molecular weight excluding hydrogens is 715 g/mol. The predicted octanol–water partition coefficient (Wildman–Crippen LogP) is 13.4. The molecule has 0 radical (unpaired) electrons. The number of anilines is 3. The fraction of sp³-hybridized carbons (Fsp3) is 0. The van der Waals surface area contributed by atoms with Gasteiger partial charge in [-0.25, -0.2) is 4.98 Å². The van der Waals surface area contributed by atoms with E-state index in [9.17, 15) is 0 Å². The smallest absolute Gasteiger partial charge is 0.238 e. The maximum Gasteiger partial charge on any atom is 0.238 e. The Balaban J connectivity index is 0.994. The van der Waals surface area contributed by atoms with Crippen molar-refractivity contribution in [3.63, 3.8) is 0 Å². The van der Waals surface area contributed by atoms with Gasteiger partial charge in [-0.05, 0) is 77.9 Å². The first-order chi connectivity index (χ1) is 28.7. The van der Waals surface area contributed by atoms with Gasteiger partial charge in [0.25, 0.3) is 0 Å². The minimum absolute atomic E-state index is 0.564. The molecule has 0 aliphatic carbocycles. The van der Waals surface area contributed by atoms with Crippen LogP contribution in [0.1, 0.15) is 0 Å². The summed E-state index contributed by atoms with van der Waals surface area (Å²) in [6.45, 7) is 0. The first kappa shape index (κ1) is 32.2. The van der Waals surface area contributed by atoms with Crippen molar-refractivity contribution >= 4 is 60.8 Å². The quantitative estimate of drug-likeness (QED) is 0.175. The molecule has 0 spiro atoms. The van der Waals surface area contributed by atoms with E-state index in [1.807, 2.05) is 91.0 Å². The van der Waals surface area contributed by atoms with Crippen LogP contribution in [0.5, 0.6) is 11.5 Å². The Morgan fingerprint density at radius 2 is 1.00 bits per heavy atom. The van der Waals surface area contributed by atoms with Crippen LogP contribution in [0, 0.1) is 0 Å². The zero-order chi connectivity index (χ0) is 38.2. The van der Waals surface area contributed by atoms with Gasteiger partial charge in [-0.2, -0.15) is 9.97 Å². The van der Waals surface area contributed by atoms with Crippen LogP contribution >= 0.6 is 0 Å². The molecular formula is C51H31N5O2. The molecule has 0 atom stereocenters. The maximum atomic E-state index is 6.66. The van der Waals surface area contributed by atoms with Gasteiger partial charge in [0, 0.05) is 38.4 Å². The Hall–Kier alpha value is -8.03. The van der Waals surface area contributed by atoms with Crippen LogP contribution in [-0.4, -0.2) is 19.5 Å². The summed E-state index contributed by atoms with van der Waals surface area (Å²) in [6.07, 6.45) is 0. The Morgan fingerprint density at radius 1 is 0.379 bits per heavy atom. The van der Waals surface area contributed by atoms with Gasteiger partial charge in [0.2, 0.25) is 5.95 Å². The number of hydrogen-bond acceptors (Lipinski definition) is 6. The lowest BCUT2D eigenvalue weighted by molar-refractivity contribution is 0.477. The molecule has 3 aromatic heterocycles. The lowest BCUT2D eigenvalue weighted by atomic mass is 10.0. The SMILES string of the molecule is c1ccc(-c2nc(-c3ccccc3)nc(-n3c4ccccc4c4cc(-c5ccc6c(c5)Oc5ccccc5N6c5ccc6oc7ccccc7c6c5)ccc43)n2)cc1. The minimum atomic E-state index is 0.564. The molecule has 0 fully saturated rings. The average Bonchev–Trinajstić information content (AvgIpc) is 3.83. The van der Waals surface area contributed by atoms with Gasteiger partial charge < -0.3 is 14.1 Å². The van der Waals surface area contributed by atoms with Gasteiger partial charge in [0.15, 0.2) is 23.1 Å². The van der Waals surface area contributed by atoms with E-state index in [2.05, 4.69) is 107 Å². The van der Waals surface area contributed by atoms with Crippen LogP contribution in [0.3, 0.4) is 0 Å². The number of nitrogens with zero attached hydrogens (tertiary/aromatic N) is 5. The first-order valence-electron chi connectivity index (χ1n) is 19.3. The number of aromatic nitrogens is 4. The second-order valence-electron chi connectivity index (χ2n) is 14.5. The summed E-state index contributed by atoms with van der Waals surface area (Å²) in [6, 6.07) is 64.5. The third kappa shape index (κ3) is 5.11. The molecule has 0 unspecified atom stereocenters.